The average molecular weight is 432 g/mol. The summed E-state index contributed by atoms with van der Waals surface area (Å²) in [6.07, 6.45) is 0.932. The van der Waals surface area contributed by atoms with Gasteiger partial charge in [-0.1, -0.05) is 23.2 Å². The fraction of sp³-hybridized carbons (Fsp3) is 0.158. The number of halogens is 3. The Balaban J connectivity index is 1.68. The molecule has 5 rings (SSSR count). The van der Waals surface area contributed by atoms with E-state index in [2.05, 4.69) is 21.5 Å². The number of imidazole rings is 1. The van der Waals surface area contributed by atoms with E-state index in [9.17, 15) is 4.39 Å². The van der Waals surface area contributed by atoms with Crippen LogP contribution < -0.4 is 21.4 Å². The first-order valence-corrected chi connectivity index (χ1v) is 9.81. The topological polar surface area (TPSA) is 69.5 Å². The van der Waals surface area contributed by atoms with Gasteiger partial charge in [-0.15, -0.1) is 10.6 Å². The molecule has 0 saturated heterocycles. The molecule has 148 valence electrons. The molecule has 0 aliphatic carbocycles. The minimum atomic E-state index is -0.381. The molecule has 0 radical (unpaired) electrons. The van der Waals surface area contributed by atoms with E-state index in [1.54, 1.807) is 17.1 Å². The summed E-state index contributed by atoms with van der Waals surface area (Å²) in [7, 11) is 0. The predicted octanol–water partition coefficient (Wildman–Crippen LogP) is 4.00. The van der Waals surface area contributed by atoms with Gasteiger partial charge in [-0.25, -0.2) is 19.9 Å². The first-order valence-electron chi connectivity index (χ1n) is 9.06. The third-order valence-corrected chi connectivity index (χ3v) is 5.41. The zero-order valence-corrected chi connectivity index (χ0v) is 16.6. The van der Waals surface area contributed by atoms with Crippen molar-refractivity contribution in [3.8, 4) is 11.3 Å². The number of anilines is 2. The molecule has 0 spiro atoms. The molecule has 0 atom stereocenters. The van der Waals surface area contributed by atoms with E-state index >= 15 is 0 Å². The van der Waals surface area contributed by atoms with Crippen molar-refractivity contribution in [1.82, 2.24) is 20.6 Å². The van der Waals surface area contributed by atoms with Gasteiger partial charge in [-0.05, 0) is 48.9 Å². The Morgan fingerprint density at radius 2 is 1.90 bits per heavy atom. The Kier molecular flexibility index (Phi) is 4.54. The molecule has 3 aromatic rings. The quantitative estimate of drug-likeness (QED) is 0.584. The SMILES string of the molecule is Fc1ccc(Cl)c(-c2nc3n(c2C2=NNNN2c2ccc(Cl)cc2)CCCN3)c1. The summed E-state index contributed by atoms with van der Waals surface area (Å²) < 4.78 is 16.1. The molecule has 0 saturated carbocycles. The molecule has 0 unspecified atom stereocenters. The average Bonchev–Trinajstić information content (AvgIpc) is 3.34. The van der Waals surface area contributed by atoms with Gasteiger partial charge in [0.2, 0.25) is 5.95 Å². The van der Waals surface area contributed by atoms with Crippen LogP contribution in [-0.2, 0) is 6.54 Å². The Bertz CT molecular complexity index is 1110. The number of rotatable bonds is 3. The maximum atomic E-state index is 14.0. The molecule has 2 aliphatic rings. The third-order valence-electron chi connectivity index (χ3n) is 4.82. The van der Waals surface area contributed by atoms with Crippen LogP contribution in [0, 0.1) is 5.82 Å². The number of nitrogens with one attached hydrogen (secondary N) is 3. The van der Waals surface area contributed by atoms with Gasteiger partial charge in [0.05, 0.1) is 10.7 Å². The predicted molar refractivity (Wildman–Crippen MR) is 112 cm³/mol. The maximum Gasteiger partial charge on any atom is 0.204 e. The van der Waals surface area contributed by atoms with Crippen LogP contribution in [0.1, 0.15) is 12.1 Å². The van der Waals surface area contributed by atoms with Gasteiger partial charge in [-0.2, -0.15) is 0 Å². The molecule has 2 aromatic carbocycles. The third kappa shape index (κ3) is 3.19. The monoisotopic (exact) mass is 431 g/mol. The molecule has 0 amide bonds. The largest absolute Gasteiger partial charge is 0.356 e. The van der Waals surface area contributed by atoms with Gasteiger partial charge >= 0.3 is 0 Å². The molecule has 0 fully saturated rings. The highest BCUT2D eigenvalue weighted by atomic mass is 35.5. The number of hydrazine groups is 2. The van der Waals surface area contributed by atoms with E-state index in [1.807, 2.05) is 16.7 Å². The molecule has 29 heavy (non-hydrogen) atoms. The molecular weight excluding hydrogens is 416 g/mol. The summed E-state index contributed by atoms with van der Waals surface area (Å²) in [5.74, 6) is 0.908. The van der Waals surface area contributed by atoms with Crippen molar-refractivity contribution < 1.29 is 4.39 Å². The van der Waals surface area contributed by atoms with Crippen molar-refractivity contribution >= 4 is 40.7 Å². The maximum absolute atomic E-state index is 14.0. The van der Waals surface area contributed by atoms with E-state index in [1.165, 1.54) is 18.2 Å². The van der Waals surface area contributed by atoms with Crippen molar-refractivity contribution in [2.24, 2.45) is 5.10 Å². The Morgan fingerprint density at radius 1 is 1.07 bits per heavy atom. The van der Waals surface area contributed by atoms with Crippen molar-refractivity contribution in [3.05, 3.63) is 64.0 Å². The van der Waals surface area contributed by atoms with Gasteiger partial charge in [0, 0.05) is 23.7 Å². The summed E-state index contributed by atoms with van der Waals surface area (Å²) in [5, 5.41) is 10.6. The van der Waals surface area contributed by atoms with E-state index < -0.39 is 0 Å². The van der Waals surface area contributed by atoms with Crippen LogP contribution in [0.4, 0.5) is 16.0 Å². The Labute approximate surface area is 176 Å². The lowest BCUT2D eigenvalue weighted by atomic mass is 10.1. The summed E-state index contributed by atoms with van der Waals surface area (Å²) in [6, 6.07) is 11.6. The lowest BCUT2D eigenvalue weighted by molar-refractivity contribution is 0.619. The molecule has 1 aromatic heterocycles. The molecule has 10 heteroatoms. The zero-order chi connectivity index (χ0) is 20.0. The van der Waals surface area contributed by atoms with Crippen LogP contribution in [-0.4, -0.2) is 21.9 Å². The van der Waals surface area contributed by atoms with E-state index in [-0.39, 0.29) is 5.82 Å². The van der Waals surface area contributed by atoms with Crippen molar-refractivity contribution in [3.63, 3.8) is 0 Å². The molecule has 0 bridgehead atoms. The van der Waals surface area contributed by atoms with Crippen molar-refractivity contribution in [2.45, 2.75) is 13.0 Å². The molecule has 2 aliphatic heterocycles. The lowest BCUT2D eigenvalue weighted by Crippen LogP contribution is -2.42. The summed E-state index contributed by atoms with van der Waals surface area (Å²) in [4.78, 5) is 4.73. The van der Waals surface area contributed by atoms with Crippen LogP contribution in [0.3, 0.4) is 0 Å². The first kappa shape index (κ1) is 18.2. The number of benzene rings is 2. The van der Waals surface area contributed by atoms with Gasteiger partial charge in [0.25, 0.3) is 0 Å². The van der Waals surface area contributed by atoms with Crippen LogP contribution in [0.2, 0.25) is 10.0 Å². The normalized spacial score (nSPS) is 15.6. The Morgan fingerprint density at radius 3 is 2.72 bits per heavy atom. The van der Waals surface area contributed by atoms with Crippen LogP contribution in [0.25, 0.3) is 11.3 Å². The number of hydrogen-bond donors (Lipinski definition) is 3. The minimum Gasteiger partial charge on any atom is -0.356 e. The highest BCUT2D eigenvalue weighted by molar-refractivity contribution is 6.33. The van der Waals surface area contributed by atoms with Crippen LogP contribution in [0.15, 0.2) is 47.6 Å². The molecule has 3 N–H and O–H groups in total. The fourth-order valence-electron chi connectivity index (χ4n) is 3.50. The van der Waals surface area contributed by atoms with Crippen molar-refractivity contribution in [2.75, 3.05) is 16.9 Å². The second kappa shape index (κ2) is 7.22. The van der Waals surface area contributed by atoms with E-state index in [4.69, 9.17) is 28.2 Å². The minimum absolute atomic E-state index is 0.381. The Hall–Kier alpha value is -2.81. The van der Waals surface area contributed by atoms with Gasteiger partial charge in [0.15, 0.2) is 5.84 Å². The highest BCUT2D eigenvalue weighted by Crippen LogP contribution is 2.35. The summed E-state index contributed by atoms with van der Waals surface area (Å²) in [6.45, 7) is 1.57. The van der Waals surface area contributed by atoms with Crippen LogP contribution in [0.5, 0.6) is 0 Å². The van der Waals surface area contributed by atoms with Gasteiger partial charge < -0.3 is 9.88 Å². The summed E-state index contributed by atoms with van der Waals surface area (Å²) in [5.41, 5.74) is 8.43. The zero-order valence-electron chi connectivity index (χ0n) is 15.1. The number of hydrogen-bond acceptors (Lipinski definition) is 6. The second-order valence-electron chi connectivity index (χ2n) is 6.66. The summed E-state index contributed by atoms with van der Waals surface area (Å²) >= 11 is 12.4. The number of amidine groups is 1. The number of hydrazone groups is 1. The van der Waals surface area contributed by atoms with E-state index in [0.717, 1.165) is 30.9 Å². The van der Waals surface area contributed by atoms with E-state index in [0.29, 0.717) is 33.1 Å². The lowest BCUT2D eigenvalue weighted by Gasteiger charge is -2.22. The van der Waals surface area contributed by atoms with Gasteiger partial charge in [0.1, 0.15) is 17.2 Å². The standard InChI is InChI=1S/C19H16Cl2FN7/c20-11-2-5-13(6-3-11)29-18(25-26-27-29)17-16(14-10-12(22)4-7-15(14)21)24-19-23-8-1-9-28(17)19/h2-7,10,26-27H,1,8-9H2,(H,23,24). The molecular formula is C19H16Cl2FN7. The molecule has 3 heterocycles. The van der Waals surface area contributed by atoms with Crippen molar-refractivity contribution in [1.29, 1.82) is 0 Å². The van der Waals surface area contributed by atoms with Gasteiger partial charge in [-0.3, -0.25) is 0 Å². The smallest absolute Gasteiger partial charge is 0.204 e. The number of nitrogens with zero attached hydrogens (tertiary/aromatic N) is 4. The fourth-order valence-corrected chi connectivity index (χ4v) is 3.84. The van der Waals surface area contributed by atoms with Crippen LogP contribution >= 0.6 is 23.2 Å². The second-order valence-corrected chi connectivity index (χ2v) is 7.50. The highest BCUT2D eigenvalue weighted by Gasteiger charge is 2.31. The molecule has 7 nitrogen and oxygen atoms in total. The number of fused-ring (bicyclic) bond motifs is 1. The number of aromatic nitrogens is 2. The first-order chi connectivity index (χ1) is 14.1.